The lowest BCUT2D eigenvalue weighted by Crippen LogP contribution is -2.53. The number of hydrogen-bond acceptors (Lipinski definition) is 3. The molecule has 0 spiro atoms. The molecule has 0 unspecified atom stereocenters. The molecule has 26 heavy (non-hydrogen) atoms. The summed E-state index contributed by atoms with van der Waals surface area (Å²) in [6.07, 6.45) is 3.62. The molecular formula is C22H26N2O2. The van der Waals surface area contributed by atoms with Gasteiger partial charge in [0.2, 0.25) is 0 Å². The molecule has 2 saturated heterocycles. The second kappa shape index (κ2) is 7.60. The molecule has 0 aromatic heterocycles. The van der Waals surface area contributed by atoms with Crippen LogP contribution in [0, 0.1) is 0 Å². The van der Waals surface area contributed by atoms with Gasteiger partial charge < -0.3 is 10.0 Å². The largest absolute Gasteiger partial charge is 0.389 e. The van der Waals surface area contributed by atoms with Crippen LogP contribution in [-0.4, -0.2) is 53.1 Å². The molecule has 136 valence electrons. The average molecular weight is 350 g/mol. The topological polar surface area (TPSA) is 43.8 Å². The number of likely N-dealkylation sites (tertiary alicyclic amines) is 2. The van der Waals surface area contributed by atoms with E-state index in [2.05, 4.69) is 29.2 Å². The van der Waals surface area contributed by atoms with Crippen LogP contribution in [0.2, 0.25) is 0 Å². The van der Waals surface area contributed by atoms with E-state index in [1.807, 2.05) is 24.3 Å². The van der Waals surface area contributed by atoms with Crippen molar-refractivity contribution < 1.29 is 9.90 Å². The third kappa shape index (κ3) is 3.81. The molecule has 2 aliphatic rings. The van der Waals surface area contributed by atoms with Gasteiger partial charge in [0.15, 0.2) is 0 Å². The number of carbonyl (C=O) groups excluding carboxylic acids is 1. The standard InChI is InChI=1S/C22H26N2O2/c25-21-15-24(16-21)22(26)20-6-4-5-19(13-20)18-9-7-17(8-10-18)14-23-11-2-1-3-12-23/h4-10,13,21,25H,1-3,11-12,14-16H2. The van der Waals surface area contributed by atoms with Crippen LogP contribution in [0.3, 0.4) is 0 Å². The van der Waals surface area contributed by atoms with Crippen molar-refractivity contribution in [2.24, 2.45) is 0 Å². The maximum Gasteiger partial charge on any atom is 0.254 e. The molecule has 2 heterocycles. The molecule has 4 heteroatoms. The summed E-state index contributed by atoms with van der Waals surface area (Å²) in [7, 11) is 0. The Morgan fingerprint density at radius 2 is 1.69 bits per heavy atom. The summed E-state index contributed by atoms with van der Waals surface area (Å²) in [6, 6.07) is 16.5. The van der Waals surface area contributed by atoms with Gasteiger partial charge >= 0.3 is 0 Å². The number of amides is 1. The van der Waals surface area contributed by atoms with Gasteiger partial charge in [0, 0.05) is 25.2 Å². The van der Waals surface area contributed by atoms with Crippen LogP contribution in [0.4, 0.5) is 0 Å². The normalized spacial score (nSPS) is 18.6. The molecule has 0 radical (unpaired) electrons. The molecule has 4 rings (SSSR count). The van der Waals surface area contributed by atoms with E-state index in [1.165, 1.54) is 37.9 Å². The smallest absolute Gasteiger partial charge is 0.254 e. The predicted molar refractivity (Wildman–Crippen MR) is 103 cm³/mol. The second-order valence-corrected chi connectivity index (χ2v) is 7.48. The van der Waals surface area contributed by atoms with E-state index in [1.54, 1.807) is 4.90 Å². The van der Waals surface area contributed by atoms with Crippen molar-refractivity contribution in [3.05, 3.63) is 59.7 Å². The zero-order chi connectivity index (χ0) is 17.9. The Kier molecular flexibility index (Phi) is 5.05. The Labute approximate surface area is 155 Å². The Balaban J connectivity index is 1.45. The minimum Gasteiger partial charge on any atom is -0.389 e. The summed E-state index contributed by atoms with van der Waals surface area (Å²) in [5.41, 5.74) is 4.22. The Hall–Kier alpha value is -2.17. The number of rotatable bonds is 4. The molecule has 0 aliphatic carbocycles. The van der Waals surface area contributed by atoms with Crippen molar-refractivity contribution >= 4 is 5.91 Å². The fourth-order valence-electron chi connectivity index (χ4n) is 3.81. The van der Waals surface area contributed by atoms with E-state index in [0.717, 1.165) is 17.7 Å². The zero-order valence-corrected chi connectivity index (χ0v) is 15.1. The Morgan fingerprint density at radius 3 is 2.38 bits per heavy atom. The molecular weight excluding hydrogens is 324 g/mol. The number of piperidine rings is 1. The van der Waals surface area contributed by atoms with Crippen LogP contribution in [-0.2, 0) is 6.54 Å². The van der Waals surface area contributed by atoms with Gasteiger partial charge in [-0.05, 0) is 54.8 Å². The highest BCUT2D eigenvalue weighted by Gasteiger charge is 2.29. The average Bonchev–Trinajstić information content (AvgIpc) is 2.66. The van der Waals surface area contributed by atoms with Crippen LogP contribution in [0.5, 0.6) is 0 Å². The first-order chi connectivity index (χ1) is 12.7. The van der Waals surface area contributed by atoms with Crippen LogP contribution in [0.15, 0.2) is 48.5 Å². The number of aliphatic hydroxyl groups excluding tert-OH is 1. The molecule has 2 aromatic carbocycles. The van der Waals surface area contributed by atoms with E-state index in [0.29, 0.717) is 18.7 Å². The highest BCUT2D eigenvalue weighted by atomic mass is 16.3. The summed E-state index contributed by atoms with van der Waals surface area (Å²) in [4.78, 5) is 16.7. The lowest BCUT2D eigenvalue weighted by Gasteiger charge is -2.35. The maximum absolute atomic E-state index is 12.4. The molecule has 1 amide bonds. The maximum atomic E-state index is 12.4. The summed E-state index contributed by atoms with van der Waals surface area (Å²) >= 11 is 0. The number of aliphatic hydroxyl groups is 1. The first kappa shape index (κ1) is 17.3. The van der Waals surface area contributed by atoms with Gasteiger partial charge in [-0.2, -0.15) is 0 Å². The summed E-state index contributed by atoms with van der Waals surface area (Å²) < 4.78 is 0. The van der Waals surface area contributed by atoms with E-state index in [9.17, 15) is 9.90 Å². The van der Waals surface area contributed by atoms with E-state index in [4.69, 9.17) is 0 Å². The number of carbonyl (C=O) groups is 1. The molecule has 2 aliphatic heterocycles. The van der Waals surface area contributed by atoms with Gasteiger partial charge in [0.25, 0.3) is 5.91 Å². The number of β-amino-alcohol motifs (C(OH)–C–C–N with tert-alkyl or cyclic N) is 1. The highest BCUT2D eigenvalue weighted by Crippen LogP contribution is 2.23. The Bertz CT molecular complexity index is 760. The monoisotopic (exact) mass is 350 g/mol. The quantitative estimate of drug-likeness (QED) is 0.921. The van der Waals surface area contributed by atoms with Crippen molar-refractivity contribution in [2.75, 3.05) is 26.2 Å². The van der Waals surface area contributed by atoms with Crippen molar-refractivity contribution in [1.82, 2.24) is 9.80 Å². The lowest BCUT2D eigenvalue weighted by molar-refractivity contribution is 0.00590. The second-order valence-electron chi connectivity index (χ2n) is 7.48. The van der Waals surface area contributed by atoms with Crippen LogP contribution < -0.4 is 0 Å². The summed E-state index contributed by atoms with van der Waals surface area (Å²) in [6.45, 7) is 4.31. The van der Waals surface area contributed by atoms with Crippen LogP contribution in [0.25, 0.3) is 11.1 Å². The minimum atomic E-state index is -0.366. The van der Waals surface area contributed by atoms with Gasteiger partial charge in [-0.3, -0.25) is 9.69 Å². The van der Waals surface area contributed by atoms with E-state index >= 15 is 0 Å². The first-order valence-electron chi connectivity index (χ1n) is 9.58. The minimum absolute atomic E-state index is 0.00105. The van der Waals surface area contributed by atoms with Crippen LogP contribution >= 0.6 is 0 Å². The third-order valence-corrected chi connectivity index (χ3v) is 5.40. The van der Waals surface area contributed by atoms with E-state index < -0.39 is 0 Å². The molecule has 0 atom stereocenters. The van der Waals surface area contributed by atoms with Crippen molar-refractivity contribution in [2.45, 2.75) is 31.9 Å². The first-order valence-corrected chi connectivity index (χ1v) is 9.58. The summed E-state index contributed by atoms with van der Waals surface area (Å²) in [5.74, 6) is -0.00105. The Morgan fingerprint density at radius 1 is 0.962 bits per heavy atom. The van der Waals surface area contributed by atoms with Crippen molar-refractivity contribution in [1.29, 1.82) is 0 Å². The van der Waals surface area contributed by atoms with Crippen LogP contribution in [0.1, 0.15) is 35.2 Å². The van der Waals surface area contributed by atoms with Gasteiger partial charge in [0.05, 0.1) is 6.10 Å². The zero-order valence-electron chi connectivity index (χ0n) is 15.1. The number of nitrogens with zero attached hydrogens (tertiary/aromatic N) is 2. The van der Waals surface area contributed by atoms with Gasteiger partial charge in [-0.15, -0.1) is 0 Å². The molecule has 0 saturated carbocycles. The van der Waals surface area contributed by atoms with Crippen molar-refractivity contribution in [3.63, 3.8) is 0 Å². The molecule has 4 nitrogen and oxygen atoms in total. The predicted octanol–water partition coefficient (Wildman–Crippen LogP) is 3.16. The third-order valence-electron chi connectivity index (χ3n) is 5.40. The number of hydrogen-bond donors (Lipinski definition) is 1. The van der Waals surface area contributed by atoms with Crippen molar-refractivity contribution in [3.8, 4) is 11.1 Å². The molecule has 2 aromatic rings. The number of benzene rings is 2. The molecule has 2 fully saturated rings. The summed E-state index contributed by atoms with van der Waals surface area (Å²) in [5, 5.41) is 9.39. The van der Waals surface area contributed by atoms with Gasteiger partial charge in [-0.1, -0.05) is 42.8 Å². The fraction of sp³-hybridized carbons (Fsp3) is 0.409. The molecule has 0 bridgehead atoms. The molecule has 1 N–H and O–H groups in total. The van der Waals surface area contributed by atoms with Gasteiger partial charge in [0.1, 0.15) is 0 Å². The lowest BCUT2D eigenvalue weighted by atomic mass is 10.00. The van der Waals surface area contributed by atoms with Gasteiger partial charge in [-0.25, -0.2) is 0 Å². The SMILES string of the molecule is O=C(c1cccc(-c2ccc(CN3CCCCC3)cc2)c1)N1CC(O)C1. The van der Waals surface area contributed by atoms with E-state index in [-0.39, 0.29) is 12.0 Å². The fourth-order valence-corrected chi connectivity index (χ4v) is 3.81. The highest BCUT2D eigenvalue weighted by molar-refractivity contribution is 5.96.